The van der Waals surface area contributed by atoms with Gasteiger partial charge < -0.3 is 14.7 Å². The van der Waals surface area contributed by atoms with E-state index in [9.17, 15) is 0 Å². The van der Waals surface area contributed by atoms with Crippen LogP contribution in [0.5, 0.6) is 0 Å². The van der Waals surface area contributed by atoms with Crippen molar-refractivity contribution in [3.63, 3.8) is 0 Å². The maximum absolute atomic E-state index is 8.57. The summed E-state index contributed by atoms with van der Waals surface area (Å²) in [5.74, 6) is 0.188. The number of hydrogen-bond acceptors (Lipinski definition) is 7. The molecule has 0 saturated heterocycles. The van der Waals surface area contributed by atoms with E-state index in [1.807, 2.05) is 0 Å². The van der Waals surface area contributed by atoms with Crippen LogP contribution < -0.4 is 0 Å². The largest absolute Gasteiger partial charge is 0.410 e. The lowest BCUT2D eigenvalue weighted by Crippen LogP contribution is -2.09. The van der Waals surface area contributed by atoms with Crippen LogP contribution in [0.4, 0.5) is 0 Å². The van der Waals surface area contributed by atoms with Gasteiger partial charge in [0.2, 0.25) is 12.2 Å². The van der Waals surface area contributed by atoms with Crippen molar-refractivity contribution < 1.29 is 9.73 Å². The molecular formula is C6H9N5O2. The van der Waals surface area contributed by atoms with Crippen LogP contribution in [0.1, 0.15) is 5.82 Å². The first-order valence-corrected chi connectivity index (χ1v) is 3.44. The zero-order chi connectivity index (χ0) is 9.68. The van der Waals surface area contributed by atoms with Crippen molar-refractivity contribution in [1.82, 2.24) is 15.1 Å². The van der Waals surface area contributed by atoms with Crippen molar-refractivity contribution in [1.29, 1.82) is 0 Å². The monoisotopic (exact) mass is 183 g/mol. The number of rotatable bonds is 3. The summed E-state index contributed by atoms with van der Waals surface area (Å²) in [7, 11) is 3.48. The second kappa shape index (κ2) is 4.19. The summed E-state index contributed by atoms with van der Waals surface area (Å²) in [5.41, 5.74) is 0.141. The van der Waals surface area contributed by atoms with Crippen LogP contribution in [-0.4, -0.2) is 46.4 Å². The van der Waals surface area contributed by atoms with Gasteiger partial charge in [0.1, 0.15) is 0 Å². The predicted molar refractivity (Wildman–Crippen MR) is 44.8 cm³/mol. The summed E-state index contributed by atoms with van der Waals surface area (Å²) in [6.07, 6.45) is 2.47. The minimum Gasteiger partial charge on any atom is -0.410 e. The van der Waals surface area contributed by atoms with Crippen molar-refractivity contribution in [2.45, 2.75) is 0 Å². The molecule has 0 radical (unpaired) electrons. The van der Waals surface area contributed by atoms with Gasteiger partial charge in [0.15, 0.2) is 5.71 Å². The normalized spacial score (nSPS) is 12.3. The van der Waals surface area contributed by atoms with E-state index < -0.39 is 0 Å². The third kappa shape index (κ3) is 2.55. The molecule has 0 aliphatic carbocycles. The molecule has 7 heteroatoms. The number of hydrogen-bond donors (Lipinski definition) is 1. The molecule has 0 unspecified atom stereocenters. The Hall–Kier alpha value is -1.92. The fraction of sp³-hybridized carbons (Fsp3) is 0.333. The third-order valence-electron chi connectivity index (χ3n) is 1.11. The molecule has 1 N–H and O–H groups in total. The highest BCUT2D eigenvalue weighted by Crippen LogP contribution is 1.90. The molecule has 0 aliphatic heterocycles. The van der Waals surface area contributed by atoms with Gasteiger partial charge in [-0.25, -0.2) is 0 Å². The minimum atomic E-state index is 0.141. The SMILES string of the molecule is CN(C)/N=C/C(=N/O)c1ncon1. The molecule has 7 nitrogen and oxygen atoms in total. The van der Waals surface area contributed by atoms with Gasteiger partial charge >= 0.3 is 0 Å². The molecule has 0 bridgehead atoms. The summed E-state index contributed by atoms with van der Waals surface area (Å²) in [6.45, 7) is 0. The first-order chi connectivity index (χ1) is 6.24. The lowest BCUT2D eigenvalue weighted by atomic mass is 10.4. The Morgan fingerprint density at radius 2 is 2.46 bits per heavy atom. The summed E-state index contributed by atoms with van der Waals surface area (Å²) < 4.78 is 4.48. The Morgan fingerprint density at radius 3 is 2.92 bits per heavy atom. The van der Waals surface area contributed by atoms with Gasteiger partial charge in [-0.3, -0.25) is 0 Å². The quantitative estimate of drug-likeness (QED) is 0.398. The topological polar surface area (TPSA) is 87.1 Å². The lowest BCUT2D eigenvalue weighted by molar-refractivity contribution is 0.319. The molecule has 0 spiro atoms. The maximum atomic E-state index is 8.57. The van der Waals surface area contributed by atoms with Crippen LogP contribution in [0.15, 0.2) is 21.2 Å². The smallest absolute Gasteiger partial charge is 0.225 e. The van der Waals surface area contributed by atoms with Crippen LogP contribution in [0.25, 0.3) is 0 Å². The number of aromatic nitrogens is 2. The molecule has 0 aromatic carbocycles. The van der Waals surface area contributed by atoms with E-state index in [1.165, 1.54) is 6.21 Å². The average molecular weight is 183 g/mol. The molecule has 1 aromatic rings. The van der Waals surface area contributed by atoms with E-state index in [4.69, 9.17) is 5.21 Å². The Balaban J connectivity index is 2.77. The number of nitrogens with zero attached hydrogens (tertiary/aromatic N) is 5. The zero-order valence-electron chi connectivity index (χ0n) is 7.25. The van der Waals surface area contributed by atoms with Crippen LogP contribution in [0.3, 0.4) is 0 Å². The van der Waals surface area contributed by atoms with E-state index in [0.717, 1.165) is 6.39 Å². The first kappa shape index (κ1) is 9.17. The zero-order valence-corrected chi connectivity index (χ0v) is 7.25. The average Bonchev–Trinajstić information content (AvgIpc) is 2.58. The number of hydrazone groups is 1. The van der Waals surface area contributed by atoms with Gasteiger partial charge in [-0.15, -0.1) is 0 Å². The lowest BCUT2D eigenvalue weighted by Gasteiger charge is -2.01. The van der Waals surface area contributed by atoms with Gasteiger partial charge in [0.25, 0.3) is 0 Å². The fourth-order valence-electron chi connectivity index (χ4n) is 0.582. The highest BCUT2D eigenvalue weighted by Gasteiger charge is 2.06. The molecule has 1 aromatic heterocycles. The molecule has 0 saturated carbocycles. The molecular weight excluding hydrogens is 174 g/mol. The molecule has 0 atom stereocenters. The van der Waals surface area contributed by atoms with Gasteiger partial charge in [-0.1, -0.05) is 10.3 Å². The van der Waals surface area contributed by atoms with Crippen molar-refractivity contribution in [2.24, 2.45) is 10.3 Å². The Kier molecular flexibility index (Phi) is 2.96. The molecule has 13 heavy (non-hydrogen) atoms. The standard InChI is InChI=1S/C6H9N5O2/c1-11(2)8-3-5(9-12)6-7-4-13-10-6/h3-4,12H,1-2H3/b8-3+,9-5-. The highest BCUT2D eigenvalue weighted by molar-refractivity contribution is 6.36. The van der Waals surface area contributed by atoms with Gasteiger partial charge in [0.05, 0.1) is 6.21 Å². The van der Waals surface area contributed by atoms with Crippen LogP contribution in [-0.2, 0) is 0 Å². The van der Waals surface area contributed by atoms with Gasteiger partial charge in [-0.2, -0.15) is 10.1 Å². The van der Waals surface area contributed by atoms with Gasteiger partial charge in [0, 0.05) is 14.1 Å². The van der Waals surface area contributed by atoms with Crippen LogP contribution in [0, 0.1) is 0 Å². The summed E-state index contributed by atoms with van der Waals surface area (Å²) in [5, 5.41) is 20.4. The van der Waals surface area contributed by atoms with Crippen LogP contribution in [0.2, 0.25) is 0 Å². The molecule has 0 fully saturated rings. The fourth-order valence-corrected chi connectivity index (χ4v) is 0.582. The molecule has 1 heterocycles. The van der Waals surface area contributed by atoms with E-state index in [0.29, 0.717) is 0 Å². The van der Waals surface area contributed by atoms with E-state index in [1.54, 1.807) is 19.1 Å². The molecule has 1 rings (SSSR count). The van der Waals surface area contributed by atoms with E-state index in [-0.39, 0.29) is 11.5 Å². The van der Waals surface area contributed by atoms with Gasteiger partial charge in [-0.05, 0) is 0 Å². The summed E-state index contributed by atoms with van der Waals surface area (Å²) >= 11 is 0. The molecule has 70 valence electrons. The van der Waals surface area contributed by atoms with Crippen LogP contribution >= 0.6 is 0 Å². The Bertz CT molecular complexity index is 303. The Labute approximate surface area is 74.3 Å². The van der Waals surface area contributed by atoms with E-state index in [2.05, 4.69) is 24.9 Å². The second-order valence-corrected chi connectivity index (χ2v) is 2.33. The van der Waals surface area contributed by atoms with Crippen molar-refractivity contribution in [3.05, 3.63) is 12.2 Å². The highest BCUT2D eigenvalue weighted by atomic mass is 16.5. The molecule has 0 amide bonds. The van der Waals surface area contributed by atoms with Crippen molar-refractivity contribution in [2.75, 3.05) is 14.1 Å². The minimum absolute atomic E-state index is 0.141. The maximum Gasteiger partial charge on any atom is 0.225 e. The third-order valence-corrected chi connectivity index (χ3v) is 1.11. The van der Waals surface area contributed by atoms with Crippen molar-refractivity contribution >= 4 is 11.9 Å². The number of oxime groups is 1. The summed E-state index contributed by atoms with van der Waals surface area (Å²) in [6, 6.07) is 0. The van der Waals surface area contributed by atoms with E-state index >= 15 is 0 Å². The molecule has 0 aliphatic rings. The Morgan fingerprint density at radius 1 is 1.69 bits per heavy atom. The van der Waals surface area contributed by atoms with Crippen molar-refractivity contribution in [3.8, 4) is 0 Å². The second-order valence-electron chi connectivity index (χ2n) is 2.33. The summed E-state index contributed by atoms with van der Waals surface area (Å²) in [4.78, 5) is 3.69. The first-order valence-electron chi connectivity index (χ1n) is 3.44. The predicted octanol–water partition coefficient (Wildman–Crippen LogP) is -0.205.